The first-order chi connectivity index (χ1) is 30.8. The van der Waals surface area contributed by atoms with E-state index in [-0.39, 0.29) is 33.4 Å². The normalized spacial score (nSPS) is 13.8. The van der Waals surface area contributed by atoms with Gasteiger partial charge in [0.05, 0.1) is 16.9 Å². The van der Waals surface area contributed by atoms with Crippen molar-refractivity contribution in [3.05, 3.63) is 182 Å². The summed E-state index contributed by atoms with van der Waals surface area (Å²) >= 11 is 10.5. The second-order valence-electron chi connectivity index (χ2n) is 12.4. The van der Waals surface area contributed by atoms with Crippen LogP contribution < -0.4 is 4.90 Å². The van der Waals surface area contributed by atoms with Gasteiger partial charge in [-0.15, -0.1) is 0 Å². The Balaban J connectivity index is 1.88. The molecule has 0 fully saturated rings. The van der Waals surface area contributed by atoms with Crippen LogP contribution in [0.1, 0.15) is 11.1 Å². The summed E-state index contributed by atoms with van der Waals surface area (Å²) in [6, 6.07) is 32.7. The molecule has 0 saturated carbocycles. The summed E-state index contributed by atoms with van der Waals surface area (Å²) in [5, 5.41) is 102. The fraction of sp³-hybridized carbons (Fsp3) is 0.0435. The van der Waals surface area contributed by atoms with E-state index in [4.69, 9.17) is 0 Å². The Morgan fingerprint density at radius 3 is 1.13 bits per heavy atom. The van der Waals surface area contributed by atoms with Gasteiger partial charge in [0.15, 0.2) is 0 Å². The SMILES string of the molecule is CN(C)c1ccc(C(=C(C#N)C#N)C(=C(C#N)C#N)C(=C2SC=CS2)C(=C2SC=CS2)C(=C(C#N)C#N)C(=C(C#N)C#N)C(=C2SC=CS2)C(=C2SC=CS2)c2ccccc2)cc1. The molecule has 4 aliphatic rings. The number of thioether (sulfide) groups is 8. The molecule has 0 aromatic heterocycles. The van der Waals surface area contributed by atoms with Crippen LogP contribution in [0.15, 0.2) is 171 Å². The summed E-state index contributed by atoms with van der Waals surface area (Å²) in [6.45, 7) is 0. The molecule has 0 N–H and O–H groups in total. The van der Waals surface area contributed by atoms with Gasteiger partial charge in [0.1, 0.15) is 70.8 Å². The maximum Gasteiger partial charge on any atom is 0.138 e. The van der Waals surface area contributed by atoms with Crippen molar-refractivity contribution in [2.45, 2.75) is 0 Å². The second kappa shape index (κ2) is 22.3. The number of anilines is 1. The quantitative estimate of drug-likeness (QED) is 0.161. The highest BCUT2D eigenvalue weighted by molar-refractivity contribution is 8.29. The van der Waals surface area contributed by atoms with Gasteiger partial charge in [-0.25, -0.2) is 0 Å². The van der Waals surface area contributed by atoms with E-state index in [2.05, 4.69) is 24.3 Å². The summed E-state index contributed by atoms with van der Waals surface area (Å²) in [4.78, 5) is 1.86. The van der Waals surface area contributed by atoms with Gasteiger partial charge in [-0.2, -0.15) is 42.1 Å². The molecule has 0 unspecified atom stereocenters. The minimum atomic E-state index is -0.472. The van der Waals surface area contributed by atoms with Crippen LogP contribution in [0.2, 0.25) is 0 Å². The summed E-state index contributed by atoms with van der Waals surface area (Å²) in [5.74, 6) is 0. The molecule has 4 aliphatic heterocycles. The maximum atomic E-state index is 11.1. The smallest absolute Gasteiger partial charge is 0.138 e. The molecular formula is C46H23N9S8. The molecule has 63 heavy (non-hydrogen) atoms. The van der Waals surface area contributed by atoms with E-state index in [1.54, 1.807) is 45.9 Å². The number of rotatable bonds is 10. The lowest BCUT2D eigenvalue weighted by Crippen LogP contribution is -2.13. The van der Waals surface area contributed by atoms with E-state index in [0.717, 1.165) is 15.5 Å². The molecule has 17 heteroatoms. The topological polar surface area (TPSA) is 194 Å². The van der Waals surface area contributed by atoms with E-state index in [1.165, 1.54) is 94.1 Å². The Bertz CT molecular complexity index is 2940. The van der Waals surface area contributed by atoms with E-state index in [0.29, 0.717) is 29.4 Å². The molecule has 0 radical (unpaired) electrons. The second-order valence-corrected chi connectivity index (χ2v) is 20.7. The standard InChI is InChI=1S/C46H23N9S8/c1-55(2)34-10-8-29(9-11-34)35(30(20-47)21-48)36(31(22-49)23-50)41(45-60-16-17-61-45)42(46-62-18-19-63-46)38(33(26-53)27-54)37(32(24-51)25-52)40(44-58-14-15-59-44)39(43-56-12-13-57-43)28-6-4-3-5-7-28/h3-19H,1-2H3. The van der Waals surface area contributed by atoms with Crippen molar-refractivity contribution in [1.82, 2.24) is 0 Å². The maximum absolute atomic E-state index is 11.1. The Morgan fingerprint density at radius 2 is 0.730 bits per heavy atom. The van der Waals surface area contributed by atoms with Crippen molar-refractivity contribution in [2.75, 3.05) is 19.0 Å². The molecule has 2 aromatic rings. The lowest BCUT2D eigenvalue weighted by atomic mass is 9.77. The zero-order valence-corrected chi connectivity index (χ0v) is 39.1. The lowest BCUT2D eigenvalue weighted by molar-refractivity contribution is 1.13. The number of nitriles is 8. The third-order valence-electron chi connectivity index (χ3n) is 8.82. The van der Waals surface area contributed by atoms with Gasteiger partial charge in [0.2, 0.25) is 0 Å². The van der Waals surface area contributed by atoms with E-state index < -0.39 is 22.3 Å². The predicted molar refractivity (Wildman–Crippen MR) is 265 cm³/mol. The third kappa shape index (κ3) is 9.90. The molecule has 4 heterocycles. The van der Waals surface area contributed by atoms with E-state index >= 15 is 0 Å². The van der Waals surface area contributed by atoms with Gasteiger partial charge in [0, 0.05) is 64.4 Å². The van der Waals surface area contributed by atoms with Gasteiger partial charge in [-0.3, -0.25) is 0 Å². The highest BCUT2D eigenvalue weighted by Crippen LogP contribution is 2.59. The first-order valence-corrected chi connectivity index (χ1v) is 24.8. The third-order valence-corrected chi connectivity index (χ3v) is 17.3. The van der Waals surface area contributed by atoms with Gasteiger partial charge >= 0.3 is 0 Å². The van der Waals surface area contributed by atoms with Crippen LogP contribution >= 0.6 is 94.1 Å². The van der Waals surface area contributed by atoms with Crippen molar-refractivity contribution in [1.29, 1.82) is 42.1 Å². The molecule has 0 saturated heterocycles. The Morgan fingerprint density at radius 1 is 0.381 bits per heavy atom. The Labute approximate surface area is 398 Å². The summed E-state index contributed by atoms with van der Waals surface area (Å²) < 4.78 is 2.40. The zero-order valence-electron chi connectivity index (χ0n) is 32.6. The fourth-order valence-electron chi connectivity index (χ4n) is 6.27. The molecule has 0 aliphatic carbocycles. The van der Waals surface area contributed by atoms with Crippen LogP contribution in [0, 0.1) is 90.6 Å². The summed E-state index contributed by atoms with van der Waals surface area (Å²) in [7, 11) is 3.70. The minimum Gasteiger partial charge on any atom is -0.378 e. The molecule has 0 spiro atoms. The number of benzene rings is 2. The molecule has 2 aromatic carbocycles. The van der Waals surface area contributed by atoms with Crippen LogP contribution in [-0.2, 0) is 0 Å². The molecule has 0 amide bonds. The summed E-state index contributed by atoms with van der Waals surface area (Å²) in [5.41, 5.74) is 1.12. The van der Waals surface area contributed by atoms with Crippen molar-refractivity contribution in [3.63, 3.8) is 0 Å². The van der Waals surface area contributed by atoms with Crippen molar-refractivity contribution in [2.24, 2.45) is 0 Å². The van der Waals surface area contributed by atoms with Crippen molar-refractivity contribution >= 4 is 111 Å². The van der Waals surface area contributed by atoms with Crippen LogP contribution in [0.4, 0.5) is 5.69 Å². The number of hydrogen-bond donors (Lipinski definition) is 0. The van der Waals surface area contributed by atoms with Crippen LogP contribution in [0.3, 0.4) is 0 Å². The lowest BCUT2D eigenvalue weighted by Gasteiger charge is -2.28. The first kappa shape index (κ1) is 46.3. The van der Waals surface area contributed by atoms with E-state index in [9.17, 15) is 42.1 Å². The van der Waals surface area contributed by atoms with Gasteiger partial charge in [0.25, 0.3) is 0 Å². The molecule has 300 valence electrons. The summed E-state index contributed by atoms with van der Waals surface area (Å²) in [6.07, 6.45) is 0. The number of nitrogens with zero attached hydrogens (tertiary/aromatic N) is 9. The Kier molecular flexibility index (Phi) is 16.4. The molecule has 9 nitrogen and oxygen atoms in total. The fourth-order valence-corrected chi connectivity index (χ4v) is 13.9. The van der Waals surface area contributed by atoms with Gasteiger partial charge < -0.3 is 4.90 Å². The predicted octanol–water partition coefficient (Wildman–Crippen LogP) is 13.4. The van der Waals surface area contributed by atoms with Crippen molar-refractivity contribution in [3.8, 4) is 48.6 Å². The zero-order chi connectivity index (χ0) is 44.9. The minimum absolute atomic E-state index is 0.0256. The van der Waals surface area contributed by atoms with Gasteiger partial charge in [-0.1, -0.05) is 137 Å². The highest BCUT2D eigenvalue weighted by atomic mass is 32.2. The number of allylic oxidation sites excluding steroid dienone is 12. The van der Waals surface area contributed by atoms with Crippen LogP contribution in [0.25, 0.3) is 11.1 Å². The Hall–Kier alpha value is -6.16. The average Bonchev–Trinajstić information content (AvgIpc) is 4.18. The van der Waals surface area contributed by atoms with Crippen LogP contribution in [-0.4, -0.2) is 14.1 Å². The first-order valence-electron chi connectivity index (χ1n) is 17.7. The van der Waals surface area contributed by atoms with Crippen molar-refractivity contribution < 1.29 is 0 Å². The highest BCUT2D eigenvalue weighted by Gasteiger charge is 2.38. The largest absolute Gasteiger partial charge is 0.378 e. The number of hydrogen-bond acceptors (Lipinski definition) is 17. The average molecular weight is 958 g/mol. The van der Waals surface area contributed by atoms with E-state index in [1.807, 2.05) is 95.2 Å². The molecular weight excluding hydrogens is 935 g/mol. The molecule has 6 rings (SSSR count). The van der Waals surface area contributed by atoms with Crippen LogP contribution in [0.5, 0.6) is 0 Å². The monoisotopic (exact) mass is 957 g/mol. The molecule has 0 atom stereocenters. The molecule has 0 bridgehead atoms. The van der Waals surface area contributed by atoms with Gasteiger partial charge in [-0.05, 0) is 66.5 Å².